The fourth-order valence-corrected chi connectivity index (χ4v) is 2.15. The monoisotopic (exact) mass is 430 g/mol. The summed E-state index contributed by atoms with van der Waals surface area (Å²) in [6, 6.07) is -0.935. The number of hydrogen-bond donors (Lipinski definition) is 2. The van der Waals surface area contributed by atoms with Gasteiger partial charge in [-0.1, -0.05) is 20.3 Å². The second-order valence-electron chi connectivity index (χ2n) is 8.07. The Bertz CT molecular complexity index is 558. The molecule has 0 fully saturated rings. The van der Waals surface area contributed by atoms with E-state index in [0.29, 0.717) is 12.8 Å². The Kier molecular flexibility index (Phi) is 13.5. The van der Waals surface area contributed by atoms with E-state index in [1.54, 1.807) is 27.7 Å². The summed E-state index contributed by atoms with van der Waals surface area (Å²) in [5, 5.41) is 5.12. The van der Waals surface area contributed by atoms with E-state index in [1.807, 2.05) is 13.8 Å². The van der Waals surface area contributed by atoms with Crippen LogP contribution in [-0.4, -0.2) is 54.8 Å². The van der Waals surface area contributed by atoms with Crippen LogP contribution in [0.1, 0.15) is 80.1 Å². The lowest BCUT2D eigenvalue weighted by Crippen LogP contribution is -2.44. The molecule has 0 aromatic heterocycles. The Balaban J connectivity index is 4.64. The first kappa shape index (κ1) is 27.7. The summed E-state index contributed by atoms with van der Waals surface area (Å²) in [6.45, 7) is 11.2. The van der Waals surface area contributed by atoms with Gasteiger partial charge in [0.1, 0.15) is 11.6 Å². The molecule has 0 aliphatic heterocycles. The fourth-order valence-electron chi connectivity index (χ4n) is 2.15. The molecule has 2 amide bonds. The van der Waals surface area contributed by atoms with Gasteiger partial charge in [-0.3, -0.25) is 9.59 Å². The molecule has 0 saturated carbocycles. The smallest absolute Gasteiger partial charge is 0.407 e. The van der Waals surface area contributed by atoms with Gasteiger partial charge in [0.05, 0.1) is 19.1 Å². The van der Waals surface area contributed by atoms with Crippen LogP contribution < -0.4 is 10.6 Å². The minimum Gasteiger partial charge on any atom is -0.464 e. The van der Waals surface area contributed by atoms with Crippen molar-refractivity contribution in [2.24, 2.45) is 0 Å². The second-order valence-corrected chi connectivity index (χ2v) is 8.07. The van der Waals surface area contributed by atoms with Crippen LogP contribution in [0.25, 0.3) is 0 Å². The van der Waals surface area contributed by atoms with E-state index in [4.69, 9.17) is 14.2 Å². The van der Waals surface area contributed by atoms with Gasteiger partial charge in [0.15, 0.2) is 0 Å². The topological polar surface area (TPSA) is 120 Å². The molecule has 9 nitrogen and oxygen atoms in total. The zero-order valence-electron chi connectivity index (χ0n) is 19.2. The molecule has 2 atom stereocenters. The van der Waals surface area contributed by atoms with Crippen LogP contribution in [0.3, 0.4) is 0 Å². The maximum absolute atomic E-state index is 12.3. The van der Waals surface area contributed by atoms with E-state index in [9.17, 15) is 19.2 Å². The number of nitrogens with one attached hydrogen (secondary N) is 2. The molecule has 0 saturated heterocycles. The molecule has 0 heterocycles. The second kappa shape index (κ2) is 14.6. The quantitative estimate of drug-likeness (QED) is 0.262. The largest absolute Gasteiger partial charge is 0.464 e. The number of amides is 2. The van der Waals surface area contributed by atoms with Crippen molar-refractivity contribution in [2.75, 3.05) is 13.2 Å². The van der Waals surface area contributed by atoms with E-state index in [2.05, 4.69) is 10.6 Å². The molecule has 174 valence electrons. The number of carbonyl (C=O) groups is 4. The average molecular weight is 431 g/mol. The molecule has 30 heavy (non-hydrogen) atoms. The molecule has 0 aliphatic rings. The third-order valence-corrected chi connectivity index (χ3v) is 3.93. The first-order valence-electron chi connectivity index (χ1n) is 10.6. The Morgan fingerprint density at radius 3 is 2.27 bits per heavy atom. The van der Waals surface area contributed by atoms with Crippen LogP contribution >= 0.6 is 0 Å². The van der Waals surface area contributed by atoms with Crippen molar-refractivity contribution in [2.45, 2.75) is 97.8 Å². The summed E-state index contributed by atoms with van der Waals surface area (Å²) < 4.78 is 15.5. The average Bonchev–Trinajstić information content (AvgIpc) is 2.64. The van der Waals surface area contributed by atoms with Crippen molar-refractivity contribution >= 4 is 23.9 Å². The zero-order chi connectivity index (χ0) is 23.2. The van der Waals surface area contributed by atoms with Crippen LogP contribution in [0.5, 0.6) is 0 Å². The Morgan fingerprint density at radius 2 is 1.70 bits per heavy atom. The van der Waals surface area contributed by atoms with Crippen molar-refractivity contribution in [3.05, 3.63) is 0 Å². The summed E-state index contributed by atoms with van der Waals surface area (Å²) in [4.78, 5) is 48.0. The molecule has 0 rings (SSSR count). The van der Waals surface area contributed by atoms with Crippen molar-refractivity contribution in [1.82, 2.24) is 10.6 Å². The molecule has 0 bridgehead atoms. The van der Waals surface area contributed by atoms with Gasteiger partial charge in [-0.05, 0) is 47.0 Å². The normalized spacial score (nSPS) is 13.0. The highest BCUT2D eigenvalue weighted by Crippen LogP contribution is 2.07. The molecule has 0 spiro atoms. The van der Waals surface area contributed by atoms with E-state index >= 15 is 0 Å². The van der Waals surface area contributed by atoms with Crippen LogP contribution in [0.15, 0.2) is 0 Å². The van der Waals surface area contributed by atoms with Crippen molar-refractivity contribution in [3.8, 4) is 0 Å². The fraction of sp³-hybridized carbons (Fsp3) is 0.810. The Labute approximate surface area is 179 Å². The van der Waals surface area contributed by atoms with Gasteiger partial charge >= 0.3 is 18.0 Å². The predicted octanol–water partition coefficient (Wildman–Crippen LogP) is 2.85. The van der Waals surface area contributed by atoms with Gasteiger partial charge in [-0.15, -0.1) is 0 Å². The van der Waals surface area contributed by atoms with Gasteiger partial charge < -0.3 is 24.8 Å². The van der Waals surface area contributed by atoms with Crippen molar-refractivity contribution in [1.29, 1.82) is 0 Å². The molecule has 9 heteroatoms. The Morgan fingerprint density at radius 1 is 1.03 bits per heavy atom. The van der Waals surface area contributed by atoms with E-state index < -0.39 is 35.6 Å². The molecular weight excluding hydrogens is 392 g/mol. The maximum atomic E-state index is 12.3. The Hall–Kier alpha value is -2.32. The number of ether oxygens (including phenoxy) is 3. The molecule has 0 aromatic carbocycles. The number of alkyl carbamates (subject to hydrolysis) is 1. The highest BCUT2D eigenvalue weighted by atomic mass is 16.6. The summed E-state index contributed by atoms with van der Waals surface area (Å²) in [6.07, 6.45) is 1.40. The van der Waals surface area contributed by atoms with Crippen LogP contribution in [0.2, 0.25) is 0 Å². The van der Waals surface area contributed by atoms with Crippen LogP contribution in [0, 0.1) is 0 Å². The molecule has 1 unspecified atom stereocenters. The molecule has 0 aliphatic carbocycles. The number of hydrogen-bond acceptors (Lipinski definition) is 7. The lowest BCUT2D eigenvalue weighted by molar-refractivity contribution is -0.150. The summed E-state index contributed by atoms with van der Waals surface area (Å²) >= 11 is 0. The predicted molar refractivity (Wildman–Crippen MR) is 112 cm³/mol. The molecular formula is C21H38N2O7. The van der Waals surface area contributed by atoms with E-state index in [0.717, 1.165) is 6.42 Å². The standard InChI is InChI=1S/C21H38N2O7/c1-7-9-14-28-19(26)16(12-13-22-20(27)30-21(4,5)6)23-17(24)10-11-18(25)29-15(3)8-2/h15-16H,7-14H2,1-6H3,(H,22,27)(H,23,24)/t15?,16-/m0/s1. The molecule has 2 N–H and O–H groups in total. The van der Waals surface area contributed by atoms with Gasteiger partial charge in [0, 0.05) is 13.0 Å². The SMILES string of the molecule is CCCCOC(=O)[C@H](CCNC(=O)OC(C)(C)C)NC(=O)CCC(=O)OC(C)CC. The lowest BCUT2D eigenvalue weighted by Gasteiger charge is -2.21. The van der Waals surface area contributed by atoms with Crippen LogP contribution in [-0.2, 0) is 28.6 Å². The first-order valence-corrected chi connectivity index (χ1v) is 10.6. The van der Waals surface area contributed by atoms with E-state index in [-0.39, 0.29) is 38.5 Å². The minimum absolute atomic E-state index is 0.0794. The van der Waals surface area contributed by atoms with Gasteiger partial charge in [0.2, 0.25) is 5.91 Å². The lowest BCUT2D eigenvalue weighted by atomic mass is 10.2. The molecule has 0 radical (unpaired) electrons. The first-order chi connectivity index (χ1) is 14.0. The highest BCUT2D eigenvalue weighted by molar-refractivity contribution is 5.86. The third-order valence-electron chi connectivity index (χ3n) is 3.93. The number of rotatable bonds is 13. The van der Waals surface area contributed by atoms with E-state index in [1.165, 1.54) is 0 Å². The van der Waals surface area contributed by atoms with Crippen molar-refractivity contribution in [3.63, 3.8) is 0 Å². The van der Waals surface area contributed by atoms with Gasteiger partial charge in [0.25, 0.3) is 0 Å². The van der Waals surface area contributed by atoms with Crippen molar-refractivity contribution < 1.29 is 33.4 Å². The third kappa shape index (κ3) is 14.6. The van der Waals surface area contributed by atoms with Gasteiger partial charge in [-0.2, -0.15) is 0 Å². The summed E-state index contributed by atoms with van der Waals surface area (Å²) in [5.74, 6) is -1.51. The highest BCUT2D eigenvalue weighted by Gasteiger charge is 2.23. The maximum Gasteiger partial charge on any atom is 0.407 e. The number of carbonyl (C=O) groups excluding carboxylic acids is 4. The summed E-state index contributed by atoms with van der Waals surface area (Å²) in [5.41, 5.74) is -0.638. The number of esters is 2. The molecule has 0 aromatic rings. The minimum atomic E-state index is -0.935. The zero-order valence-corrected chi connectivity index (χ0v) is 19.2. The van der Waals surface area contributed by atoms with Gasteiger partial charge in [-0.25, -0.2) is 9.59 Å². The van der Waals surface area contributed by atoms with Crippen LogP contribution in [0.4, 0.5) is 4.79 Å². The summed E-state index contributed by atoms with van der Waals surface area (Å²) in [7, 11) is 0. The number of unbranched alkanes of at least 4 members (excludes halogenated alkanes) is 1.